The van der Waals surface area contributed by atoms with Crippen molar-refractivity contribution < 1.29 is 5.11 Å². The summed E-state index contributed by atoms with van der Waals surface area (Å²) in [6, 6.07) is 9.31. The number of fused-ring (bicyclic) bond motifs is 2. The van der Waals surface area contributed by atoms with Gasteiger partial charge in [0.25, 0.3) is 5.56 Å². The summed E-state index contributed by atoms with van der Waals surface area (Å²) in [5, 5.41) is 21.0. The minimum atomic E-state index is -0.526. The number of benzene rings is 1. The lowest BCUT2D eigenvalue weighted by atomic mass is 9.96. The van der Waals surface area contributed by atoms with Crippen LogP contribution in [-0.2, 0) is 19.5 Å². The lowest BCUT2D eigenvalue weighted by Crippen LogP contribution is -2.38. The van der Waals surface area contributed by atoms with Crippen LogP contribution in [0.1, 0.15) is 32.4 Å². The molecule has 0 aliphatic heterocycles. The molecular formula is C23H23N7O3S. The number of aryl methyl sites for hydroxylation is 1. The zero-order chi connectivity index (χ0) is 24.8. The number of nitriles is 1. The summed E-state index contributed by atoms with van der Waals surface area (Å²) >= 11 is 1.09. The molecule has 10 nitrogen and oxygen atoms in total. The molecule has 0 saturated carbocycles. The van der Waals surface area contributed by atoms with Crippen molar-refractivity contribution >= 4 is 39.4 Å². The van der Waals surface area contributed by atoms with Gasteiger partial charge in [0.2, 0.25) is 0 Å². The molecule has 0 spiro atoms. The number of H-pyrrole nitrogens is 1. The average Bonchev–Trinajstić information content (AvgIpc) is 3.23. The Hall–Kier alpha value is -3.91. The van der Waals surface area contributed by atoms with E-state index in [2.05, 4.69) is 19.9 Å². The zero-order valence-electron chi connectivity index (χ0n) is 19.4. The standard InChI is InChI=1S/C23H23N7O3S/c1-23(2,3)21-27-18-16(20(32)30(5)22(33)29(18)4)19(28-21)34-11-15(31)12(10-24)17-25-13-8-6-7-9-14(13)26-17/h6-9,31H,11H2,1-5H3,(H,25,26)/b15-12-. The van der Waals surface area contributed by atoms with Crippen molar-refractivity contribution in [3.63, 3.8) is 0 Å². The second kappa shape index (κ2) is 8.46. The van der Waals surface area contributed by atoms with Crippen LogP contribution in [0.5, 0.6) is 0 Å². The monoisotopic (exact) mass is 477 g/mol. The maximum absolute atomic E-state index is 13.0. The van der Waals surface area contributed by atoms with Gasteiger partial charge >= 0.3 is 5.69 Å². The highest BCUT2D eigenvalue weighted by atomic mass is 32.2. The number of aliphatic hydroxyl groups excluding tert-OH is 1. The van der Waals surface area contributed by atoms with Crippen LogP contribution in [0.2, 0.25) is 0 Å². The second-order valence-corrected chi connectivity index (χ2v) is 9.80. The third-order valence-electron chi connectivity index (χ3n) is 5.31. The van der Waals surface area contributed by atoms with Crippen molar-refractivity contribution in [2.24, 2.45) is 14.1 Å². The largest absolute Gasteiger partial charge is 0.510 e. The van der Waals surface area contributed by atoms with E-state index in [4.69, 9.17) is 0 Å². The van der Waals surface area contributed by atoms with Gasteiger partial charge in [0.15, 0.2) is 11.5 Å². The highest BCUT2D eigenvalue weighted by molar-refractivity contribution is 7.99. The Bertz CT molecular complexity index is 1600. The molecule has 0 bridgehead atoms. The molecule has 0 unspecified atom stereocenters. The Morgan fingerprint density at radius 2 is 1.85 bits per heavy atom. The van der Waals surface area contributed by atoms with Crippen molar-refractivity contribution in [2.45, 2.75) is 31.2 Å². The first-order valence-corrected chi connectivity index (χ1v) is 11.4. The smallest absolute Gasteiger partial charge is 0.332 e. The first kappa shape index (κ1) is 23.3. The van der Waals surface area contributed by atoms with E-state index in [0.29, 0.717) is 16.4 Å². The SMILES string of the molecule is Cn1c(=O)c2c(SC/C(O)=C(\C#N)c3nc4ccccc4[nH]3)nc(C(C)(C)C)nc2n(C)c1=O. The molecule has 4 rings (SSSR count). The van der Waals surface area contributed by atoms with Crippen LogP contribution in [0, 0.1) is 11.3 Å². The number of aliphatic hydroxyl groups is 1. The minimum absolute atomic E-state index is 0.00147. The molecule has 0 atom stereocenters. The number of imidazole rings is 1. The van der Waals surface area contributed by atoms with Crippen LogP contribution in [0.3, 0.4) is 0 Å². The number of aromatic nitrogens is 6. The van der Waals surface area contributed by atoms with Crippen molar-refractivity contribution in [1.29, 1.82) is 5.26 Å². The van der Waals surface area contributed by atoms with E-state index >= 15 is 0 Å². The van der Waals surface area contributed by atoms with Gasteiger partial charge in [-0.1, -0.05) is 44.7 Å². The van der Waals surface area contributed by atoms with Crippen LogP contribution >= 0.6 is 11.8 Å². The molecule has 3 aromatic heterocycles. The summed E-state index contributed by atoms with van der Waals surface area (Å²) in [6.45, 7) is 5.78. The average molecular weight is 478 g/mol. The van der Waals surface area contributed by atoms with Gasteiger partial charge in [0, 0.05) is 19.5 Å². The number of aromatic amines is 1. The number of rotatable bonds is 4. The van der Waals surface area contributed by atoms with E-state index in [0.717, 1.165) is 21.8 Å². The van der Waals surface area contributed by atoms with Crippen LogP contribution in [0.25, 0.3) is 27.6 Å². The van der Waals surface area contributed by atoms with Gasteiger partial charge < -0.3 is 10.1 Å². The van der Waals surface area contributed by atoms with E-state index in [1.54, 1.807) is 13.1 Å². The van der Waals surface area contributed by atoms with Crippen molar-refractivity contribution in [2.75, 3.05) is 5.75 Å². The normalized spacial score (nSPS) is 12.7. The third-order valence-corrected chi connectivity index (χ3v) is 6.30. The van der Waals surface area contributed by atoms with E-state index in [1.807, 2.05) is 45.0 Å². The number of hydrogen-bond donors (Lipinski definition) is 2. The Balaban J connectivity index is 1.83. The summed E-state index contributed by atoms with van der Waals surface area (Å²) < 4.78 is 2.31. The highest BCUT2D eigenvalue weighted by Crippen LogP contribution is 2.29. The molecular weight excluding hydrogens is 454 g/mol. The summed E-state index contributed by atoms with van der Waals surface area (Å²) in [7, 11) is 2.94. The van der Waals surface area contributed by atoms with Gasteiger partial charge in [-0.3, -0.25) is 13.9 Å². The number of para-hydroxylation sites is 2. The molecule has 0 fully saturated rings. The number of nitrogens with one attached hydrogen (secondary N) is 1. The van der Waals surface area contributed by atoms with Crippen LogP contribution in [-0.4, -0.2) is 39.9 Å². The maximum atomic E-state index is 13.0. The van der Waals surface area contributed by atoms with Crippen molar-refractivity contribution in [3.05, 3.63) is 62.5 Å². The van der Waals surface area contributed by atoms with Crippen LogP contribution in [0.4, 0.5) is 0 Å². The number of allylic oxidation sites excluding steroid dienone is 1. The van der Waals surface area contributed by atoms with Gasteiger partial charge in [-0.15, -0.1) is 0 Å². The molecule has 4 aromatic rings. The quantitative estimate of drug-likeness (QED) is 0.198. The Morgan fingerprint density at radius 1 is 1.15 bits per heavy atom. The highest BCUT2D eigenvalue weighted by Gasteiger charge is 2.24. The number of nitrogens with zero attached hydrogens (tertiary/aromatic N) is 6. The van der Waals surface area contributed by atoms with Crippen molar-refractivity contribution in [1.82, 2.24) is 29.1 Å². The first-order chi connectivity index (χ1) is 16.0. The molecule has 3 heterocycles. The van der Waals surface area contributed by atoms with Crippen LogP contribution < -0.4 is 11.2 Å². The summed E-state index contributed by atoms with van der Waals surface area (Å²) in [6.07, 6.45) is 0. The molecule has 0 radical (unpaired) electrons. The fourth-order valence-electron chi connectivity index (χ4n) is 3.40. The summed E-state index contributed by atoms with van der Waals surface area (Å²) in [4.78, 5) is 41.9. The van der Waals surface area contributed by atoms with E-state index < -0.39 is 16.7 Å². The molecule has 0 aliphatic rings. The molecule has 0 saturated heterocycles. The lowest BCUT2D eigenvalue weighted by molar-refractivity contribution is 0.420. The van der Waals surface area contributed by atoms with Gasteiger partial charge in [-0.25, -0.2) is 19.7 Å². The Kier molecular flexibility index (Phi) is 5.79. The molecule has 0 amide bonds. The maximum Gasteiger partial charge on any atom is 0.332 e. The predicted octanol–water partition coefficient (Wildman–Crippen LogP) is 2.79. The third kappa shape index (κ3) is 3.97. The zero-order valence-corrected chi connectivity index (χ0v) is 20.2. The fraction of sp³-hybridized carbons (Fsp3) is 0.304. The van der Waals surface area contributed by atoms with E-state index in [9.17, 15) is 20.0 Å². The molecule has 34 heavy (non-hydrogen) atoms. The number of thioether (sulfide) groups is 1. The topological polar surface area (TPSA) is 142 Å². The minimum Gasteiger partial charge on any atom is -0.510 e. The summed E-state index contributed by atoms with van der Waals surface area (Å²) in [5.41, 5.74) is 0.160. The van der Waals surface area contributed by atoms with Crippen molar-refractivity contribution in [3.8, 4) is 6.07 Å². The van der Waals surface area contributed by atoms with E-state index in [-0.39, 0.29) is 33.9 Å². The molecule has 11 heteroatoms. The van der Waals surface area contributed by atoms with Gasteiger partial charge in [-0.05, 0) is 12.1 Å². The Labute approximate surface area is 198 Å². The second-order valence-electron chi connectivity index (χ2n) is 8.83. The van der Waals surface area contributed by atoms with Gasteiger partial charge in [-0.2, -0.15) is 5.26 Å². The first-order valence-electron chi connectivity index (χ1n) is 10.4. The van der Waals surface area contributed by atoms with Gasteiger partial charge in [0.05, 0.1) is 16.8 Å². The molecule has 1 aromatic carbocycles. The van der Waals surface area contributed by atoms with Gasteiger partial charge in [0.1, 0.15) is 33.6 Å². The Morgan fingerprint density at radius 3 is 2.50 bits per heavy atom. The number of hydrogen-bond acceptors (Lipinski definition) is 8. The molecule has 2 N–H and O–H groups in total. The summed E-state index contributed by atoms with van der Waals surface area (Å²) in [5.74, 6) is 0.453. The molecule has 174 valence electrons. The fourth-order valence-corrected chi connectivity index (χ4v) is 4.29. The molecule has 0 aliphatic carbocycles. The lowest BCUT2D eigenvalue weighted by Gasteiger charge is -2.19. The predicted molar refractivity (Wildman–Crippen MR) is 131 cm³/mol. The van der Waals surface area contributed by atoms with Crippen LogP contribution in [0.15, 0.2) is 44.6 Å². The van der Waals surface area contributed by atoms with E-state index in [1.165, 1.54) is 11.6 Å².